The molecular formula is C19H17Cl2N3OS. The van der Waals surface area contributed by atoms with Crippen molar-refractivity contribution in [2.45, 2.75) is 19.9 Å². The first-order valence-corrected chi connectivity index (χ1v) is 9.61. The standard InChI is InChI=1S/C19H17Cl2N3OS/c1-11(19(25)24-16-5-3-4-15(20)18(16)21)22-14-8-6-13(7-9-14)17-10-26-12(2)23-17/h3-11,22H,1-2H3,(H,24,25). The van der Waals surface area contributed by atoms with E-state index in [-0.39, 0.29) is 5.91 Å². The lowest BCUT2D eigenvalue weighted by atomic mass is 10.1. The Bertz CT molecular complexity index is 925. The number of hydrogen-bond donors (Lipinski definition) is 2. The number of aromatic nitrogens is 1. The van der Waals surface area contributed by atoms with E-state index in [2.05, 4.69) is 15.6 Å². The molecule has 0 aliphatic rings. The number of nitrogens with one attached hydrogen (secondary N) is 2. The molecule has 134 valence electrons. The van der Waals surface area contributed by atoms with Crippen molar-refractivity contribution < 1.29 is 4.79 Å². The highest BCUT2D eigenvalue weighted by atomic mass is 35.5. The lowest BCUT2D eigenvalue weighted by Crippen LogP contribution is -2.31. The Kier molecular flexibility index (Phi) is 5.81. The molecule has 0 saturated heterocycles. The highest BCUT2D eigenvalue weighted by Gasteiger charge is 2.15. The number of thiazole rings is 1. The van der Waals surface area contributed by atoms with Crippen molar-refractivity contribution in [2.24, 2.45) is 0 Å². The molecule has 1 atom stereocenters. The van der Waals surface area contributed by atoms with Crippen LogP contribution >= 0.6 is 34.5 Å². The van der Waals surface area contributed by atoms with E-state index in [1.54, 1.807) is 36.5 Å². The van der Waals surface area contributed by atoms with Crippen LogP contribution in [-0.4, -0.2) is 16.9 Å². The van der Waals surface area contributed by atoms with Crippen molar-refractivity contribution >= 4 is 51.8 Å². The number of amides is 1. The number of benzene rings is 2. The molecule has 1 aromatic heterocycles. The maximum absolute atomic E-state index is 12.4. The van der Waals surface area contributed by atoms with Gasteiger partial charge >= 0.3 is 0 Å². The molecule has 0 spiro atoms. The second kappa shape index (κ2) is 8.08. The molecule has 0 bridgehead atoms. The van der Waals surface area contributed by atoms with Crippen LogP contribution in [0.4, 0.5) is 11.4 Å². The van der Waals surface area contributed by atoms with Crippen molar-refractivity contribution in [3.05, 3.63) is 62.9 Å². The van der Waals surface area contributed by atoms with Gasteiger partial charge in [0.05, 0.1) is 26.4 Å². The molecule has 26 heavy (non-hydrogen) atoms. The summed E-state index contributed by atoms with van der Waals surface area (Å²) in [6.45, 7) is 3.77. The Morgan fingerprint density at radius 2 is 1.88 bits per heavy atom. The summed E-state index contributed by atoms with van der Waals surface area (Å²) in [5, 5.41) is 9.76. The summed E-state index contributed by atoms with van der Waals surface area (Å²) in [4.78, 5) is 16.9. The first-order valence-electron chi connectivity index (χ1n) is 7.98. The lowest BCUT2D eigenvalue weighted by Gasteiger charge is -2.16. The van der Waals surface area contributed by atoms with Crippen LogP contribution in [0.1, 0.15) is 11.9 Å². The third-order valence-corrected chi connectivity index (χ3v) is 5.38. The number of carbonyl (C=O) groups excluding carboxylic acids is 1. The van der Waals surface area contributed by atoms with Crippen LogP contribution in [-0.2, 0) is 4.79 Å². The molecule has 3 rings (SSSR count). The predicted molar refractivity (Wildman–Crippen MR) is 110 cm³/mol. The predicted octanol–water partition coefficient (Wildman–Crippen LogP) is 5.86. The number of rotatable bonds is 5. The van der Waals surface area contributed by atoms with Crippen LogP contribution < -0.4 is 10.6 Å². The maximum Gasteiger partial charge on any atom is 0.246 e. The minimum absolute atomic E-state index is 0.201. The summed E-state index contributed by atoms with van der Waals surface area (Å²) in [5.41, 5.74) is 3.34. The van der Waals surface area contributed by atoms with E-state index < -0.39 is 6.04 Å². The zero-order valence-electron chi connectivity index (χ0n) is 14.2. The molecule has 0 saturated carbocycles. The van der Waals surface area contributed by atoms with Gasteiger partial charge in [-0.1, -0.05) is 41.4 Å². The van der Waals surface area contributed by atoms with Crippen LogP contribution in [0.5, 0.6) is 0 Å². The molecule has 0 aliphatic heterocycles. The Hall–Kier alpha value is -2.08. The van der Waals surface area contributed by atoms with Gasteiger partial charge in [-0.05, 0) is 38.1 Å². The quantitative estimate of drug-likeness (QED) is 0.558. The molecule has 1 heterocycles. The van der Waals surface area contributed by atoms with Crippen LogP contribution in [0.25, 0.3) is 11.3 Å². The van der Waals surface area contributed by atoms with Gasteiger partial charge in [0.25, 0.3) is 0 Å². The Labute approximate surface area is 166 Å². The van der Waals surface area contributed by atoms with Crippen molar-refractivity contribution in [2.75, 3.05) is 10.6 Å². The average Bonchev–Trinajstić information content (AvgIpc) is 3.06. The van der Waals surface area contributed by atoms with Crippen molar-refractivity contribution in [3.8, 4) is 11.3 Å². The van der Waals surface area contributed by atoms with E-state index in [0.717, 1.165) is 22.0 Å². The third-order valence-electron chi connectivity index (χ3n) is 3.79. The minimum atomic E-state index is -0.447. The highest BCUT2D eigenvalue weighted by Crippen LogP contribution is 2.29. The van der Waals surface area contributed by atoms with Gasteiger partial charge in [-0.3, -0.25) is 4.79 Å². The van der Waals surface area contributed by atoms with Crippen LogP contribution in [0.3, 0.4) is 0 Å². The first kappa shape index (κ1) is 18.7. The number of anilines is 2. The normalized spacial score (nSPS) is 11.8. The summed E-state index contributed by atoms with van der Waals surface area (Å²) < 4.78 is 0. The van der Waals surface area contributed by atoms with Crippen LogP contribution in [0.15, 0.2) is 47.8 Å². The molecule has 1 unspecified atom stereocenters. The average molecular weight is 406 g/mol. The van der Waals surface area contributed by atoms with Gasteiger partial charge in [0.15, 0.2) is 0 Å². The first-order chi connectivity index (χ1) is 12.4. The Balaban J connectivity index is 1.64. The van der Waals surface area contributed by atoms with Gasteiger partial charge in [-0.15, -0.1) is 11.3 Å². The fraction of sp³-hybridized carbons (Fsp3) is 0.158. The highest BCUT2D eigenvalue weighted by molar-refractivity contribution is 7.09. The van der Waals surface area contributed by atoms with E-state index in [0.29, 0.717) is 15.7 Å². The molecule has 7 heteroatoms. The van der Waals surface area contributed by atoms with Crippen molar-refractivity contribution in [1.29, 1.82) is 0 Å². The maximum atomic E-state index is 12.4. The molecular weight excluding hydrogens is 389 g/mol. The second-order valence-electron chi connectivity index (χ2n) is 5.79. The van der Waals surface area contributed by atoms with Crippen LogP contribution in [0.2, 0.25) is 10.0 Å². The monoisotopic (exact) mass is 405 g/mol. The molecule has 2 N–H and O–H groups in total. The van der Waals surface area contributed by atoms with Gasteiger partial charge in [-0.25, -0.2) is 4.98 Å². The molecule has 0 fully saturated rings. The van der Waals surface area contributed by atoms with Gasteiger partial charge in [0.2, 0.25) is 5.91 Å². The van der Waals surface area contributed by atoms with Gasteiger partial charge < -0.3 is 10.6 Å². The minimum Gasteiger partial charge on any atom is -0.374 e. The van der Waals surface area contributed by atoms with Crippen LogP contribution in [0, 0.1) is 6.92 Å². The van der Waals surface area contributed by atoms with E-state index in [1.165, 1.54) is 0 Å². The smallest absolute Gasteiger partial charge is 0.246 e. The zero-order valence-corrected chi connectivity index (χ0v) is 16.5. The lowest BCUT2D eigenvalue weighted by molar-refractivity contribution is -0.116. The fourth-order valence-electron chi connectivity index (χ4n) is 2.39. The topological polar surface area (TPSA) is 54.0 Å². The van der Waals surface area contributed by atoms with E-state index in [1.807, 2.05) is 36.6 Å². The number of halogens is 2. The van der Waals surface area contributed by atoms with E-state index in [9.17, 15) is 4.79 Å². The summed E-state index contributed by atoms with van der Waals surface area (Å²) in [7, 11) is 0. The molecule has 0 aliphatic carbocycles. The summed E-state index contributed by atoms with van der Waals surface area (Å²) in [5.74, 6) is -0.201. The van der Waals surface area contributed by atoms with Gasteiger partial charge in [-0.2, -0.15) is 0 Å². The molecule has 4 nitrogen and oxygen atoms in total. The molecule has 0 radical (unpaired) electrons. The Morgan fingerprint density at radius 1 is 1.15 bits per heavy atom. The fourth-order valence-corrected chi connectivity index (χ4v) is 3.36. The number of aryl methyl sites for hydroxylation is 1. The molecule has 3 aromatic rings. The number of carbonyl (C=O) groups is 1. The van der Waals surface area contributed by atoms with Gasteiger partial charge in [0, 0.05) is 16.6 Å². The summed E-state index contributed by atoms with van der Waals surface area (Å²) in [6.07, 6.45) is 0. The van der Waals surface area contributed by atoms with Crippen molar-refractivity contribution in [3.63, 3.8) is 0 Å². The molecule has 1 amide bonds. The zero-order chi connectivity index (χ0) is 18.7. The van der Waals surface area contributed by atoms with Gasteiger partial charge in [0.1, 0.15) is 6.04 Å². The summed E-state index contributed by atoms with van der Waals surface area (Å²) in [6, 6.07) is 12.5. The number of nitrogens with zero attached hydrogens (tertiary/aromatic N) is 1. The van der Waals surface area contributed by atoms with E-state index in [4.69, 9.17) is 23.2 Å². The summed E-state index contributed by atoms with van der Waals surface area (Å²) >= 11 is 13.7. The Morgan fingerprint density at radius 3 is 2.54 bits per heavy atom. The third kappa shape index (κ3) is 4.36. The van der Waals surface area contributed by atoms with Crippen molar-refractivity contribution in [1.82, 2.24) is 4.98 Å². The SMILES string of the molecule is Cc1nc(-c2ccc(NC(C)C(=O)Nc3cccc(Cl)c3Cl)cc2)cs1. The largest absolute Gasteiger partial charge is 0.374 e. The second-order valence-corrected chi connectivity index (χ2v) is 7.63. The number of hydrogen-bond acceptors (Lipinski definition) is 4. The van der Waals surface area contributed by atoms with E-state index >= 15 is 0 Å². The molecule has 2 aromatic carbocycles.